The highest BCUT2D eigenvalue weighted by Crippen LogP contribution is 2.24. The molecule has 0 aliphatic carbocycles. The number of aryl methyl sites for hydroxylation is 1. The van der Waals surface area contributed by atoms with Crippen LogP contribution in [-0.4, -0.2) is 48.0 Å². The third-order valence-electron chi connectivity index (χ3n) is 4.20. The summed E-state index contributed by atoms with van der Waals surface area (Å²) in [4.78, 5) is 2.31. The van der Waals surface area contributed by atoms with Crippen molar-refractivity contribution in [2.45, 2.75) is 31.5 Å². The van der Waals surface area contributed by atoms with Gasteiger partial charge in [-0.15, -0.1) is 0 Å². The minimum Gasteiger partial charge on any atom is -0.472 e. The van der Waals surface area contributed by atoms with Crippen LogP contribution in [0.15, 0.2) is 35.4 Å². The Morgan fingerprint density at radius 3 is 2.87 bits per heavy atom. The molecule has 2 atom stereocenters. The van der Waals surface area contributed by atoms with E-state index in [4.69, 9.17) is 4.42 Å². The van der Waals surface area contributed by atoms with E-state index in [1.165, 1.54) is 6.26 Å². The zero-order valence-corrected chi connectivity index (χ0v) is 14.2. The van der Waals surface area contributed by atoms with E-state index in [0.29, 0.717) is 0 Å². The van der Waals surface area contributed by atoms with E-state index in [1.54, 1.807) is 17.2 Å². The maximum atomic E-state index is 11.7. The Balaban J connectivity index is 1.77. The van der Waals surface area contributed by atoms with E-state index in [1.807, 2.05) is 25.5 Å². The Hall–Kier alpha value is -1.64. The van der Waals surface area contributed by atoms with Gasteiger partial charge in [0.05, 0.1) is 25.0 Å². The second kappa shape index (κ2) is 6.46. The number of sulfonamides is 1. The first kappa shape index (κ1) is 16.2. The second-order valence-electron chi connectivity index (χ2n) is 6.18. The third kappa shape index (κ3) is 4.21. The average Bonchev–Trinajstić information content (AvgIpc) is 3.16. The molecule has 0 amide bonds. The van der Waals surface area contributed by atoms with Gasteiger partial charge in [-0.05, 0) is 24.5 Å². The monoisotopic (exact) mass is 338 g/mol. The highest BCUT2D eigenvalue weighted by molar-refractivity contribution is 7.88. The van der Waals surface area contributed by atoms with Gasteiger partial charge in [-0.1, -0.05) is 0 Å². The number of nitrogens with one attached hydrogen (secondary N) is 1. The van der Waals surface area contributed by atoms with Crippen LogP contribution in [0.4, 0.5) is 0 Å². The van der Waals surface area contributed by atoms with Gasteiger partial charge in [-0.2, -0.15) is 5.10 Å². The smallest absolute Gasteiger partial charge is 0.209 e. The summed E-state index contributed by atoms with van der Waals surface area (Å²) < 4.78 is 33.0. The molecule has 0 spiro atoms. The molecule has 8 heteroatoms. The number of furan rings is 1. The number of hydrogen-bond donors (Lipinski definition) is 1. The van der Waals surface area contributed by atoms with Crippen LogP contribution in [0.3, 0.4) is 0 Å². The number of likely N-dealkylation sites (tertiary alicyclic amines) is 1. The fourth-order valence-corrected chi connectivity index (χ4v) is 4.06. The van der Waals surface area contributed by atoms with Gasteiger partial charge < -0.3 is 4.42 Å². The lowest BCUT2D eigenvalue weighted by Crippen LogP contribution is -2.45. The first-order chi connectivity index (χ1) is 10.9. The van der Waals surface area contributed by atoms with Crippen LogP contribution in [0.1, 0.15) is 17.5 Å². The van der Waals surface area contributed by atoms with E-state index in [9.17, 15) is 8.42 Å². The van der Waals surface area contributed by atoms with Crippen LogP contribution < -0.4 is 4.72 Å². The average molecular weight is 338 g/mol. The van der Waals surface area contributed by atoms with Gasteiger partial charge in [-0.25, -0.2) is 13.1 Å². The van der Waals surface area contributed by atoms with E-state index >= 15 is 0 Å². The van der Waals surface area contributed by atoms with Crippen LogP contribution in [0.5, 0.6) is 0 Å². The molecule has 0 bridgehead atoms. The predicted octanol–water partition coefficient (Wildman–Crippen LogP) is 0.748. The van der Waals surface area contributed by atoms with Gasteiger partial charge in [0, 0.05) is 44.0 Å². The summed E-state index contributed by atoms with van der Waals surface area (Å²) in [6.45, 7) is 1.60. The standard InChI is InChI=1S/C15H22N4O3S/c1-18-9-13(8-16-18)7-15-14(17-23(2,20)21)3-5-19(15)10-12-4-6-22-11-12/h4,6,8-9,11,14-15,17H,3,5,7,10H2,1-2H3/t14-,15+/m0/s1. The summed E-state index contributed by atoms with van der Waals surface area (Å²) in [6.07, 6.45) is 9.99. The van der Waals surface area contributed by atoms with Crippen LogP contribution in [0.25, 0.3) is 0 Å². The summed E-state index contributed by atoms with van der Waals surface area (Å²) in [7, 11) is -1.35. The molecule has 126 valence electrons. The first-order valence-corrected chi connectivity index (χ1v) is 9.50. The minimum atomic E-state index is -3.23. The molecule has 1 fully saturated rings. The van der Waals surface area contributed by atoms with Crippen molar-refractivity contribution in [3.05, 3.63) is 42.1 Å². The molecule has 0 radical (unpaired) electrons. The summed E-state index contributed by atoms with van der Waals surface area (Å²) in [5.41, 5.74) is 2.21. The van der Waals surface area contributed by atoms with Crippen LogP contribution in [-0.2, 0) is 30.0 Å². The van der Waals surface area contributed by atoms with Crippen molar-refractivity contribution >= 4 is 10.0 Å². The SMILES string of the molecule is Cn1cc(C[C@@H]2[C@@H](NS(C)(=O)=O)CCN2Cc2ccoc2)cn1. The van der Waals surface area contributed by atoms with E-state index < -0.39 is 10.0 Å². The molecule has 2 aromatic heterocycles. The second-order valence-corrected chi connectivity index (χ2v) is 7.96. The molecule has 0 aromatic carbocycles. The Bertz CT molecular complexity index is 739. The van der Waals surface area contributed by atoms with E-state index in [-0.39, 0.29) is 12.1 Å². The molecule has 1 saturated heterocycles. The molecule has 3 heterocycles. The van der Waals surface area contributed by atoms with Crippen molar-refractivity contribution in [2.75, 3.05) is 12.8 Å². The number of nitrogens with zero attached hydrogens (tertiary/aromatic N) is 3. The van der Waals surface area contributed by atoms with Crippen molar-refractivity contribution in [1.29, 1.82) is 0 Å². The summed E-state index contributed by atoms with van der Waals surface area (Å²) in [5.74, 6) is 0. The molecule has 0 unspecified atom stereocenters. The molecule has 2 aromatic rings. The number of aromatic nitrogens is 2. The molecular formula is C15H22N4O3S. The Morgan fingerprint density at radius 1 is 1.43 bits per heavy atom. The molecule has 23 heavy (non-hydrogen) atoms. The lowest BCUT2D eigenvalue weighted by atomic mass is 10.0. The van der Waals surface area contributed by atoms with Gasteiger partial charge in [0.15, 0.2) is 0 Å². The molecule has 7 nitrogen and oxygen atoms in total. The summed E-state index contributed by atoms with van der Waals surface area (Å²) in [5, 5.41) is 4.20. The number of rotatable bonds is 6. The number of hydrogen-bond acceptors (Lipinski definition) is 5. The molecule has 0 saturated carbocycles. The van der Waals surface area contributed by atoms with Crippen LogP contribution in [0.2, 0.25) is 0 Å². The zero-order valence-electron chi connectivity index (χ0n) is 13.3. The maximum absolute atomic E-state index is 11.7. The Labute approximate surface area is 136 Å². The normalized spacial score (nSPS) is 22.7. The van der Waals surface area contributed by atoms with Crippen molar-refractivity contribution in [3.8, 4) is 0 Å². The van der Waals surface area contributed by atoms with Crippen molar-refractivity contribution in [2.24, 2.45) is 7.05 Å². The molecule has 1 aliphatic rings. The summed E-state index contributed by atoms with van der Waals surface area (Å²) >= 11 is 0. The zero-order chi connectivity index (χ0) is 16.4. The molecule has 3 rings (SSSR count). The minimum absolute atomic E-state index is 0.0860. The fourth-order valence-electron chi connectivity index (χ4n) is 3.23. The molecule has 1 aliphatic heterocycles. The largest absolute Gasteiger partial charge is 0.472 e. The summed E-state index contributed by atoms with van der Waals surface area (Å²) in [6, 6.07) is 1.96. The maximum Gasteiger partial charge on any atom is 0.209 e. The van der Waals surface area contributed by atoms with Gasteiger partial charge in [0.1, 0.15) is 0 Å². The van der Waals surface area contributed by atoms with Crippen molar-refractivity contribution in [3.63, 3.8) is 0 Å². The molecule has 1 N–H and O–H groups in total. The quantitative estimate of drug-likeness (QED) is 0.841. The van der Waals surface area contributed by atoms with Crippen LogP contribution >= 0.6 is 0 Å². The van der Waals surface area contributed by atoms with Gasteiger partial charge in [0.25, 0.3) is 0 Å². The lowest BCUT2D eigenvalue weighted by Gasteiger charge is -2.27. The van der Waals surface area contributed by atoms with Crippen molar-refractivity contribution in [1.82, 2.24) is 19.4 Å². The predicted molar refractivity (Wildman–Crippen MR) is 86.2 cm³/mol. The van der Waals surface area contributed by atoms with Gasteiger partial charge in [-0.3, -0.25) is 9.58 Å². The first-order valence-electron chi connectivity index (χ1n) is 7.61. The third-order valence-corrected chi connectivity index (χ3v) is 4.93. The highest BCUT2D eigenvalue weighted by atomic mass is 32.2. The lowest BCUT2D eigenvalue weighted by molar-refractivity contribution is 0.230. The Morgan fingerprint density at radius 2 is 2.26 bits per heavy atom. The highest BCUT2D eigenvalue weighted by Gasteiger charge is 2.35. The van der Waals surface area contributed by atoms with Gasteiger partial charge >= 0.3 is 0 Å². The van der Waals surface area contributed by atoms with Crippen molar-refractivity contribution < 1.29 is 12.8 Å². The molecular weight excluding hydrogens is 316 g/mol. The topological polar surface area (TPSA) is 80.4 Å². The van der Waals surface area contributed by atoms with E-state index in [2.05, 4.69) is 14.7 Å². The fraction of sp³-hybridized carbons (Fsp3) is 0.533. The van der Waals surface area contributed by atoms with Crippen LogP contribution in [0, 0.1) is 0 Å². The Kier molecular flexibility index (Phi) is 4.56. The van der Waals surface area contributed by atoms with E-state index in [0.717, 1.165) is 37.1 Å². The van der Waals surface area contributed by atoms with Gasteiger partial charge in [0.2, 0.25) is 10.0 Å².